The van der Waals surface area contributed by atoms with E-state index >= 15 is 0 Å². The van der Waals surface area contributed by atoms with Gasteiger partial charge in [0.25, 0.3) is 0 Å². The van der Waals surface area contributed by atoms with Gasteiger partial charge in [0.2, 0.25) is 0 Å². The fraction of sp³-hybridized carbons (Fsp3) is 0.368. The molecule has 24 heavy (non-hydrogen) atoms. The predicted octanol–water partition coefficient (Wildman–Crippen LogP) is 2.78. The van der Waals surface area contributed by atoms with Gasteiger partial charge in [-0.1, -0.05) is 42.5 Å². The summed E-state index contributed by atoms with van der Waals surface area (Å²) in [7, 11) is 1.60. The number of aliphatic hydroxyl groups is 1. The summed E-state index contributed by atoms with van der Waals surface area (Å²) in [6.45, 7) is 0.947. The summed E-state index contributed by atoms with van der Waals surface area (Å²) in [6.07, 6.45) is -0.377. The first-order valence-electron chi connectivity index (χ1n) is 8.12. The fourth-order valence-corrected chi connectivity index (χ4v) is 3.10. The van der Waals surface area contributed by atoms with Crippen molar-refractivity contribution >= 4 is 0 Å². The highest BCUT2D eigenvalue weighted by Crippen LogP contribution is 2.31. The van der Waals surface area contributed by atoms with Crippen molar-refractivity contribution < 1.29 is 19.8 Å². The number of nitrogens with zero attached hydrogens (tertiary/aromatic N) is 1. The molecular weight excluding hydrogens is 306 g/mol. The average molecular weight is 329 g/mol. The van der Waals surface area contributed by atoms with Crippen LogP contribution in [0.1, 0.15) is 23.7 Å². The van der Waals surface area contributed by atoms with Crippen LogP contribution in [0.5, 0.6) is 5.75 Å². The summed E-state index contributed by atoms with van der Waals surface area (Å²) >= 11 is 0. The molecule has 1 fully saturated rings. The van der Waals surface area contributed by atoms with Crippen LogP contribution in [-0.2, 0) is 11.3 Å². The van der Waals surface area contributed by atoms with Crippen molar-refractivity contribution in [1.82, 2.24) is 5.06 Å². The van der Waals surface area contributed by atoms with Crippen LogP contribution in [0.2, 0.25) is 0 Å². The van der Waals surface area contributed by atoms with Crippen molar-refractivity contribution in [2.45, 2.75) is 31.3 Å². The van der Waals surface area contributed by atoms with Crippen LogP contribution in [0.15, 0.2) is 54.6 Å². The normalized spacial score (nSPS) is 22.5. The van der Waals surface area contributed by atoms with E-state index in [2.05, 4.69) is 0 Å². The largest absolute Gasteiger partial charge is 0.497 e. The maximum atomic E-state index is 10.7. The Morgan fingerprint density at radius 3 is 2.50 bits per heavy atom. The van der Waals surface area contributed by atoms with E-state index in [0.29, 0.717) is 19.6 Å². The smallest absolute Gasteiger partial charge is 0.118 e. The van der Waals surface area contributed by atoms with Crippen LogP contribution < -0.4 is 4.74 Å². The number of hydrogen-bond acceptors (Lipinski definition) is 5. The molecule has 1 aliphatic rings. The summed E-state index contributed by atoms with van der Waals surface area (Å²) in [5.41, 5.74) is 1.81. The molecule has 0 bridgehead atoms. The van der Waals surface area contributed by atoms with Gasteiger partial charge in [-0.25, -0.2) is 0 Å². The Labute approximate surface area is 142 Å². The van der Waals surface area contributed by atoms with Crippen molar-refractivity contribution in [3.63, 3.8) is 0 Å². The van der Waals surface area contributed by atoms with Crippen LogP contribution in [0.4, 0.5) is 0 Å². The quantitative estimate of drug-likeness (QED) is 0.853. The van der Waals surface area contributed by atoms with Gasteiger partial charge < -0.3 is 19.8 Å². The maximum absolute atomic E-state index is 10.7. The van der Waals surface area contributed by atoms with Gasteiger partial charge in [-0.05, 0) is 29.7 Å². The van der Waals surface area contributed by atoms with Gasteiger partial charge in [0.1, 0.15) is 5.75 Å². The van der Waals surface area contributed by atoms with Crippen LogP contribution in [0.3, 0.4) is 0 Å². The van der Waals surface area contributed by atoms with E-state index in [9.17, 15) is 10.3 Å². The third-order valence-electron chi connectivity index (χ3n) is 4.46. The van der Waals surface area contributed by atoms with E-state index in [0.717, 1.165) is 16.9 Å². The van der Waals surface area contributed by atoms with E-state index in [4.69, 9.17) is 9.47 Å². The number of aliphatic hydroxyl groups excluding tert-OH is 1. The Kier molecular flexibility index (Phi) is 5.48. The number of hydroxylamine groups is 2. The zero-order valence-electron chi connectivity index (χ0n) is 13.7. The lowest BCUT2D eigenvalue weighted by atomic mass is 9.99. The molecule has 5 nitrogen and oxygen atoms in total. The first-order valence-corrected chi connectivity index (χ1v) is 8.12. The highest BCUT2D eigenvalue weighted by Gasteiger charge is 2.40. The second-order valence-corrected chi connectivity index (χ2v) is 6.00. The Bertz CT molecular complexity index is 632. The SMILES string of the molecule is COc1ccc(C(O)[C@H]2[C@@H](OCc3ccccc3)CCN2O)cc1. The third-order valence-corrected chi connectivity index (χ3v) is 4.46. The number of rotatable bonds is 6. The minimum absolute atomic E-state index is 0.229. The molecule has 1 unspecified atom stereocenters. The fourth-order valence-electron chi connectivity index (χ4n) is 3.10. The molecule has 1 saturated heterocycles. The van der Waals surface area contributed by atoms with Crippen molar-refractivity contribution in [1.29, 1.82) is 0 Å². The lowest BCUT2D eigenvalue weighted by molar-refractivity contribution is -0.156. The summed E-state index contributed by atoms with van der Waals surface area (Å²) in [4.78, 5) is 0. The van der Waals surface area contributed by atoms with E-state index < -0.39 is 12.1 Å². The zero-order valence-corrected chi connectivity index (χ0v) is 13.7. The number of methoxy groups -OCH3 is 1. The lowest BCUT2D eigenvalue weighted by Crippen LogP contribution is -2.39. The minimum atomic E-state index is -0.829. The Hall–Kier alpha value is -1.92. The van der Waals surface area contributed by atoms with E-state index in [1.54, 1.807) is 19.2 Å². The minimum Gasteiger partial charge on any atom is -0.497 e. The number of benzene rings is 2. The third kappa shape index (κ3) is 3.76. The molecule has 1 aliphatic heterocycles. The Morgan fingerprint density at radius 2 is 1.83 bits per heavy atom. The van der Waals surface area contributed by atoms with E-state index in [1.165, 1.54) is 5.06 Å². The first-order chi connectivity index (χ1) is 11.7. The molecule has 0 saturated carbocycles. The molecule has 128 valence electrons. The highest BCUT2D eigenvalue weighted by molar-refractivity contribution is 5.29. The van der Waals surface area contributed by atoms with Gasteiger partial charge in [0.05, 0.1) is 32.0 Å². The van der Waals surface area contributed by atoms with Gasteiger partial charge in [0, 0.05) is 6.54 Å². The molecule has 0 radical (unpaired) electrons. The molecule has 2 aromatic carbocycles. The second-order valence-electron chi connectivity index (χ2n) is 6.00. The van der Waals surface area contributed by atoms with Crippen LogP contribution in [0, 0.1) is 0 Å². The standard InChI is InChI=1S/C19H23NO4/c1-23-16-9-7-15(8-10-16)19(21)18-17(11-12-20(18)22)24-13-14-5-3-2-4-6-14/h2-10,17-19,21-22H,11-13H2,1H3/t17-,18+,19?/m0/s1. The molecule has 0 spiro atoms. The molecule has 5 heteroatoms. The summed E-state index contributed by atoms with van der Waals surface area (Å²) < 4.78 is 11.1. The van der Waals surface area contributed by atoms with E-state index in [1.807, 2.05) is 42.5 Å². The van der Waals surface area contributed by atoms with Crippen molar-refractivity contribution in [3.8, 4) is 5.75 Å². The second kappa shape index (κ2) is 7.77. The van der Waals surface area contributed by atoms with Gasteiger partial charge >= 0.3 is 0 Å². The van der Waals surface area contributed by atoms with Crippen LogP contribution in [0.25, 0.3) is 0 Å². The zero-order chi connectivity index (χ0) is 16.9. The topological polar surface area (TPSA) is 62.2 Å². The van der Waals surface area contributed by atoms with E-state index in [-0.39, 0.29) is 6.10 Å². The number of ether oxygens (including phenoxy) is 2. The molecule has 3 rings (SSSR count). The number of hydrogen-bond donors (Lipinski definition) is 2. The van der Waals surface area contributed by atoms with Gasteiger partial charge in [-0.15, -0.1) is 0 Å². The molecule has 0 aromatic heterocycles. The van der Waals surface area contributed by atoms with Crippen molar-refractivity contribution in [3.05, 3.63) is 65.7 Å². The molecule has 3 atom stereocenters. The maximum Gasteiger partial charge on any atom is 0.118 e. The Morgan fingerprint density at radius 1 is 1.12 bits per heavy atom. The van der Waals surface area contributed by atoms with Crippen molar-refractivity contribution in [2.24, 2.45) is 0 Å². The lowest BCUT2D eigenvalue weighted by Gasteiger charge is -2.28. The predicted molar refractivity (Wildman–Crippen MR) is 89.9 cm³/mol. The van der Waals surface area contributed by atoms with Gasteiger partial charge in [-0.2, -0.15) is 5.06 Å². The molecule has 0 amide bonds. The Balaban J connectivity index is 1.68. The van der Waals surface area contributed by atoms with Crippen LogP contribution in [-0.4, -0.2) is 41.2 Å². The molecular formula is C19H23NO4. The summed E-state index contributed by atoms with van der Waals surface area (Å²) in [5.74, 6) is 0.732. The van der Waals surface area contributed by atoms with Crippen molar-refractivity contribution in [2.75, 3.05) is 13.7 Å². The van der Waals surface area contributed by atoms with Gasteiger partial charge in [0.15, 0.2) is 0 Å². The summed E-state index contributed by atoms with van der Waals surface area (Å²) in [5, 5.41) is 22.0. The molecule has 2 N–H and O–H groups in total. The monoisotopic (exact) mass is 329 g/mol. The molecule has 1 heterocycles. The molecule has 0 aliphatic carbocycles. The first kappa shape index (κ1) is 16.9. The van der Waals surface area contributed by atoms with Gasteiger partial charge in [-0.3, -0.25) is 0 Å². The molecule has 2 aromatic rings. The highest BCUT2D eigenvalue weighted by atomic mass is 16.5. The summed E-state index contributed by atoms with van der Waals surface area (Å²) in [6, 6.07) is 16.6. The van der Waals surface area contributed by atoms with Crippen LogP contribution >= 0.6 is 0 Å². The average Bonchev–Trinajstić information content (AvgIpc) is 3.01.